The van der Waals surface area contributed by atoms with Gasteiger partial charge in [0, 0.05) is 22.2 Å². The fraction of sp³-hybridized carbons (Fsp3) is 0.692. The summed E-state index contributed by atoms with van der Waals surface area (Å²) in [7, 11) is 0. The minimum atomic E-state index is 0.584. The third-order valence-electron chi connectivity index (χ3n) is 4.00. The lowest BCUT2D eigenvalue weighted by Gasteiger charge is -2.25. The highest BCUT2D eigenvalue weighted by Gasteiger charge is 2.42. The van der Waals surface area contributed by atoms with E-state index in [1.165, 1.54) is 41.5 Å². The van der Waals surface area contributed by atoms with E-state index in [9.17, 15) is 0 Å². The minimum absolute atomic E-state index is 0.584. The standard InChI is InChI=1S/C13H18INS2/c1-16-13(5-6-13)8-15-10-3-2-4-11-9(10)7-12(14)17-11/h7,10,15H,2-6,8H2,1H3. The molecule has 0 spiro atoms. The zero-order valence-corrected chi connectivity index (χ0v) is 13.9. The van der Waals surface area contributed by atoms with E-state index in [-0.39, 0.29) is 0 Å². The van der Waals surface area contributed by atoms with Gasteiger partial charge in [-0.1, -0.05) is 0 Å². The third kappa shape index (κ3) is 2.69. The van der Waals surface area contributed by atoms with Crippen LogP contribution in [-0.4, -0.2) is 17.5 Å². The van der Waals surface area contributed by atoms with Gasteiger partial charge in [0.05, 0.1) is 2.88 Å². The molecule has 94 valence electrons. The van der Waals surface area contributed by atoms with Crippen LogP contribution in [-0.2, 0) is 6.42 Å². The second kappa shape index (κ2) is 5.02. The molecule has 17 heavy (non-hydrogen) atoms. The average molecular weight is 379 g/mol. The zero-order valence-electron chi connectivity index (χ0n) is 10.1. The Morgan fingerprint density at radius 1 is 1.59 bits per heavy atom. The van der Waals surface area contributed by atoms with Crippen LogP contribution in [0.15, 0.2) is 6.07 Å². The van der Waals surface area contributed by atoms with Crippen LogP contribution in [0.4, 0.5) is 0 Å². The second-order valence-corrected chi connectivity index (χ2v) is 9.45. The summed E-state index contributed by atoms with van der Waals surface area (Å²) in [5.41, 5.74) is 1.60. The molecule has 1 aromatic rings. The van der Waals surface area contributed by atoms with E-state index in [2.05, 4.69) is 52.0 Å². The SMILES string of the molecule is CSC1(CNC2CCCc3sc(I)cc32)CC1. The molecule has 0 radical (unpaired) electrons. The van der Waals surface area contributed by atoms with Gasteiger partial charge >= 0.3 is 0 Å². The fourth-order valence-corrected chi connectivity index (χ4v) is 5.49. The molecule has 0 amide bonds. The monoisotopic (exact) mass is 379 g/mol. The molecule has 2 aliphatic carbocycles. The van der Waals surface area contributed by atoms with Crippen molar-refractivity contribution in [2.75, 3.05) is 12.8 Å². The molecule has 4 heteroatoms. The molecule has 0 aromatic carbocycles. The summed E-state index contributed by atoms with van der Waals surface area (Å²) in [5.74, 6) is 0. The first kappa shape index (κ1) is 12.8. The molecule has 0 saturated heterocycles. The van der Waals surface area contributed by atoms with Gasteiger partial charge in [-0.25, -0.2) is 0 Å². The van der Waals surface area contributed by atoms with Crippen molar-refractivity contribution in [1.29, 1.82) is 0 Å². The summed E-state index contributed by atoms with van der Waals surface area (Å²) in [5, 5.41) is 3.83. The molecule has 1 heterocycles. The van der Waals surface area contributed by atoms with Crippen LogP contribution < -0.4 is 5.32 Å². The number of halogens is 1. The van der Waals surface area contributed by atoms with Crippen LogP contribution in [0.25, 0.3) is 0 Å². The lowest BCUT2D eigenvalue weighted by atomic mass is 9.94. The number of fused-ring (bicyclic) bond motifs is 1. The van der Waals surface area contributed by atoms with E-state index in [0.717, 1.165) is 0 Å². The minimum Gasteiger partial charge on any atom is -0.309 e. The van der Waals surface area contributed by atoms with Crippen LogP contribution in [0, 0.1) is 2.88 Å². The number of nitrogens with one attached hydrogen (secondary N) is 1. The topological polar surface area (TPSA) is 12.0 Å². The molecule has 0 aliphatic heterocycles. The number of hydrogen-bond donors (Lipinski definition) is 1. The van der Waals surface area contributed by atoms with Crippen LogP contribution in [0.2, 0.25) is 0 Å². The molecule has 1 N–H and O–H groups in total. The van der Waals surface area contributed by atoms with E-state index in [1.807, 2.05) is 11.3 Å². The average Bonchev–Trinajstić information content (AvgIpc) is 3.01. The van der Waals surface area contributed by atoms with Crippen LogP contribution in [0.3, 0.4) is 0 Å². The van der Waals surface area contributed by atoms with Gasteiger partial charge in [0.25, 0.3) is 0 Å². The highest BCUT2D eigenvalue weighted by molar-refractivity contribution is 14.1. The van der Waals surface area contributed by atoms with Crippen molar-refractivity contribution in [3.63, 3.8) is 0 Å². The summed E-state index contributed by atoms with van der Waals surface area (Å²) < 4.78 is 2.04. The van der Waals surface area contributed by atoms with Crippen molar-refractivity contribution in [2.24, 2.45) is 0 Å². The first-order chi connectivity index (χ1) is 8.22. The second-order valence-electron chi connectivity index (χ2n) is 5.14. The van der Waals surface area contributed by atoms with Gasteiger partial charge in [0.15, 0.2) is 0 Å². The van der Waals surface area contributed by atoms with E-state index in [0.29, 0.717) is 10.8 Å². The van der Waals surface area contributed by atoms with Gasteiger partial charge in [-0.05, 0) is 72.6 Å². The van der Waals surface area contributed by atoms with Crippen molar-refractivity contribution in [3.8, 4) is 0 Å². The number of thioether (sulfide) groups is 1. The number of aryl methyl sites for hydroxylation is 1. The molecular formula is C13H18INS2. The van der Waals surface area contributed by atoms with Gasteiger partial charge in [0.1, 0.15) is 0 Å². The maximum atomic E-state index is 3.83. The largest absolute Gasteiger partial charge is 0.309 e. The first-order valence-electron chi connectivity index (χ1n) is 6.29. The summed E-state index contributed by atoms with van der Waals surface area (Å²) in [6.07, 6.45) is 9.05. The summed E-state index contributed by atoms with van der Waals surface area (Å²) in [6, 6.07) is 3.03. The van der Waals surface area contributed by atoms with Crippen LogP contribution in [0.5, 0.6) is 0 Å². The molecule has 3 rings (SSSR count). The first-order valence-corrected chi connectivity index (χ1v) is 9.41. The molecule has 1 fully saturated rings. The Labute approximate surface area is 125 Å². The Morgan fingerprint density at radius 3 is 3.12 bits per heavy atom. The lowest BCUT2D eigenvalue weighted by Crippen LogP contribution is -2.31. The van der Waals surface area contributed by atoms with Crippen molar-refractivity contribution in [2.45, 2.75) is 42.9 Å². The molecule has 1 aromatic heterocycles. The normalized spacial score (nSPS) is 25.6. The summed E-state index contributed by atoms with van der Waals surface area (Å²) in [6.45, 7) is 1.20. The summed E-state index contributed by atoms with van der Waals surface area (Å²) >= 11 is 6.50. The van der Waals surface area contributed by atoms with Crippen molar-refractivity contribution < 1.29 is 0 Å². The van der Waals surface area contributed by atoms with E-state index in [1.54, 1.807) is 10.4 Å². The number of thiophene rings is 1. The van der Waals surface area contributed by atoms with Gasteiger partial charge in [-0.15, -0.1) is 11.3 Å². The quantitative estimate of drug-likeness (QED) is 0.787. The van der Waals surface area contributed by atoms with Crippen molar-refractivity contribution in [1.82, 2.24) is 5.32 Å². The molecule has 1 nitrogen and oxygen atoms in total. The van der Waals surface area contributed by atoms with Gasteiger partial charge in [-0.2, -0.15) is 11.8 Å². The van der Waals surface area contributed by atoms with Crippen LogP contribution >= 0.6 is 45.7 Å². The van der Waals surface area contributed by atoms with Crippen molar-refractivity contribution >= 4 is 45.7 Å². The zero-order chi connectivity index (χ0) is 11.9. The molecule has 1 unspecified atom stereocenters. The van der Waals surface area contributed by atoms with Gasteiger partial charge < -0.3 is 5.32 Å². The Kier molecular flexibility index (Phi) is 3.77. The third-order valence-corrected chi connectivity index (χ3v) is 7.38. The molecule has 0 bridgehead atoms. The fourth-order valence-electron chi connectivity index (χ4n) is 2.64. The lowest BCUT2D eigenvalue weighted by molar-refractivity contribution is 0.461. The maximum Gasteiger partial charge on any atom is 0.0659 e. The predicted octanol–water partition coefficient (Wildman–Crippen LogP) is 4.22. The Hall–Kier alpha value is 0.740. The van der Waals surface area contributed by atoms with E-state index >= 15 is 0 Å². The van der Waals surface area contributed by atoms with Gasteiger partial charge in [-0.3, -0.25) is 0 Å². The van der Waals surface area contributed by atoms with Gasteiger partial charge in [0.2, 0.25) is 0 Å². The number of rotatable bonds is 4. The van der Waals surface area contributed by atoms with Crippen molar-refractivity contribution in [3.05, 3.63) is 19.4 Å². The Morgan fingerprint density at radius 2 is 2.41 bits per heavy atom. The Bertz CT molecular complexity index is 412. The van der Waals surface area contributed by atoms with E-state index < -0.39 is 0 Å². The maximum absolute atomic E-state index is 3.83. The smallest absolute Gasteiger partial charge is 0.0659 e. The highest BCUT2D eigenvalue weighted by Crippen LogP contribution is 2.47. The summed E-state index contributed by atoms with van der Waals surface area (Å²) in [4.78, 5) is 1.63. The number of hydrogen-bond acceptors (Lipinski definition) is 3. The Balaban J connectivity index is 1.68. The molecule has 1 saturated carbocycles. The highest BCUT2D eigenvalue weighted by atomic mass is 127. The molecule has 1 atom stereocenters. The predicted molar refractivity (Wildman–Crippen MR) is 86.2 cm³/mol. The molecule has 2 aliphatic rings. The van der Waals surface area contributed by atoms with E-state index in [4.69, 9.17) is 0 Å². The molecular weight excluding hydrogens is 361 g/mol. The van der Waals surface area contributed by atoms with Crippen LogP contribution in [0.1, 0.15) is 42.2 Å².